The van der Waals surface area contributed by atoms with Gasteiger partial charge in [0.25, 0.3) is 10.0 Å². The summed E-state index contributed by atoms with van der Waals surface area (Å²) in [5.41, 5.74) is 2.83. The second kappa shape index (κ2) is 14.2. The van der Waals surface area contributed by atoms with Gasteiger partial charge in [0, 0.05) is 20.0 Å². The molecule has 0 spiro atoms. The molecule has 0 unspecified atom stereocenters. The molecule has 4 aromatic rings. The van der Waals surface area contributed by atoms with E-state index in [1.54, 1.807) is 24.3 Å². The highest BCUT2D eigenvalue weighted by Gasteiger charge is 2.34. The summed E-state index contributed by atoms with van der Waals surface area (Å²) in [7, 11) is -1.25. The van der Waals surface area contributed by atoms with E-state index in [9.17, 15) is 18.0 Å². The molecule has 0 heterocycles. The smallest absolute Gasteiger partial charge is 0.264 e. The second-order valence-electron chi connectivity index (χ2n) is 9.97. The lowest BCUT2D eigenvalue weighted by Gasteiger charge is -2.33. The van der Waals surface area contributed by atoms with Gasteiger partial charge >= 0.3 is 0 Å². The molecule has 0 aliphatic heterocycles. The third kappa shape index (κ3) is 7.74. The Morgan fingerprint density at radius 1 is 0.884 bits per heavy atom. The molecule has 0 radical (unpaired) electrons. The van der Waals surface area contributed by atoms with E-state index in [1.807, 2.05) is 61.5 Å². The molecule has 10 heteroatoms. The largest absolute Gasteiger partial charge is 0.495 e. The highest BCUT2D eigenvalue weighted by molar-refractivity contribution is 7.92. The number of likely N-dealkylation sites (N-methyl/N-ethyl adjacent to an activating group) is 1. The van der Waals surface area contributed by atoms with Crippen LogP contribution in [0, 0.1) is 6.92 Å². The van der Waals surface area contributed by atoms with Gasteiger partial charge < -0.3 is 15.0 Å². The van der Waals surface area contributed by atoms with Crippen molar-refractivity contribution >= 4 is 39.1 Å². The number of ether oxygens (including phenoxy) is 1. The van der Waals surface area contributed by atoms with E-state index in [2.05, 4.69) is 5.32 Å². The van der Waals surface area contributed by atoms with Crippen molar-refractivity contribution in [2.24, 2.45) is 0 Å². The van der Waals surface area contributed by atoms with Gasteiger partial charge in [0.15, 0.2) is 0 Å². The Labute approximate surface area is 257 Å². The number of hydrogen-bond donors (Lipinski definition) is 1. The molecule has 0 saturated carbocycles. The summed E-state index contributed by atoms with van der Waals surface area (Å²) in [6.45, 7) is 1.46. The summed E-state index contributed by atoms with van der Waals surface area (Å²) in [6.07, 6.45) is 0.234. The Balaban J connectivity index is 1.80. The maximum absolute atomic E-state index is 14.3. The first kappa shape index (κ1) is 31.6. The van der Waals surface area contributed by atoms with Gasteiger partial charge in [-0.05, 0) is 48.4 Å². The van der Waals surface area contributed by atoms with Crippen LogP contribution < -0.4 is 14.4 Å². The van der Waals surface area contributed by atoms with Crippen LogP contribution in [0.5, 0.6) is 5.75 Å². The lowest BCUT2D eigenvalue weighted by atomic mass is 10.0. The molecular formula is C33H34ClN3O5S. The van der Waals surface area contributed by atoms with Crippen LogP contribution in [0.2, 0.25) is 5.02 Å². The van der Waals surface area contributed by atoms with Crippen LogP contribution in [0.3, 0.4) is 0 Å². The summed E-state index contributed by atoms with van der Waals surface area (Å²) in [5, 5.41) is 2.87. The number of aryl methyl sites for hydroxylation is 1. The van der Waals surface area contributed by atoms with Crippen molar-refractivity contribution in [1.82, 2.24) is 10.2 Å². The Bertz CT molecular complexity index is 1670. The number of carbonyl (C=O) groups is 2. The fraction of sp³-hybridized carbons (Fsp3) is 0.212. The first-order valence-corrected chi connectivity index (χ1v) is 15.5. The van der Waals surface area contributed by atoms with Crippen LogP contribution in [-0.4, -0.2) is 51.9 Å². The number of benzene rings is 4. The summed E-state index contributed by atoms with van der Waals surface area (Å²) < 4.78 is 34.3. The SMILES string of the molecule is CNC(=O)[C@H](Cc1ccccc1)N(Cc1cccc(C)c1)C(=O)CN(c1ccc(OC)c(Cl)c1)S(=O)(=O)c1ccccc1. The fourth-order valence-electron chi connectivity index (χ4n) is 4.79. The zero-order valence-corrected chi connectivity index (χ0v) is 25.8. The first-order valence-electron chi connectivity index (χ1n) is 13.7. The second-order valence-corrected chi connectivity index (χ2v) is 12.2. The number of sulfonamides is 1. The monoisotopic (exact) mass is 619 g/mol. The normalized spacial score (nSPS) is 11.8. The van der Waals surface area contributed by atoms with Crippen LogP contribution >= 0.6 is 11.6 Å². The highest BCUT2D eigenvalue weighted by Crippen LogP contribution is 2.32. The predicted octanol–water partition coefficient (Wildman–Crippen LogP) is 5.24. The number of hydrogen-bond acceptors (Lipinski definition) is 5. The van der Waals surface area contributed by atoms with E-state index in [0.717, 1.165) is 21.0 Å². The number of carbonyl (C=O) groups excluding carboxylic acids is 2. The van der Waals surface area contributed by atoms with E-state index in [0.29, 0.717) is 5.75 Å². The summed E-state index contributed by atoms with van der Waals surface area (Å²) >= 11 is 6.40. The topological polar surface area (TPSA) is 96.0 Å². The quantitative estimate of drug-likeness (QED) is 0.234. The van der Waals surface area contributed by atoms with E-state index < -0.39 is 28.5 Å². The Morgan fingerprint density at radius 2 is 1.53 bits per heavy atom. The molecule has 43 heavy (non-hydrogen) atoms. The van der Waals surface area contributed by atoms with Crippen molar-refractivity contribution in [1.29, 1.82) is 0 Å². The van der Waals surface area contributed by atoms with Crippen molar-refractivity contribution in [3.8, 4) is 5.75 Å². The number of nitrogens with zero attached hydrogens (tertiary/aromatic N) is 2. The number of anilines is 1. The maximum Gasteiger partial charge on any atom is 0.264 e. The molecule has 0 aromatic heterocycles. The molecule has 0 saturated heterocycles. The van der Waals surface area contributed by atoms with Crippen LogP contribution in [0.1, 0.15) is 16.7 Å². The van der Waals surface area contributed by atoms with Crippen molar-refractivity contribution in [2.45, 2.75) is 30.8 Å². The van der Waals surface area contributed by atoms with Crippen molar-refractivity contribution in [3.05, 3.63) is 125 Å². The Kier molecular flexibility index (Phi) is 10.4. The average molecular weight is 620 g/mol. The van der Waals surface area contributed by atoms with E-state index in [1.165, 1.54) is 43.3 Å². The molecule has 1 atom stereocenters. The molecular weight excluding hydrogens is 586 g/mol. The number of amides is 2. The van der Waals surface area contributed by atoms with Crippen LogP contribution in [0.25, 0.3) is 0 Å². The molecule has 0 aliphatic carbocycles. The predicted molar refractivity (Wildman–Crippen MR) is 169 cm³/mol. The van der Waals surface area contributed by atoms with Gasteiger partial charge in [-0.2, -0.15) is 0 Å². The standard InChI is InChI=1S/C33H34ClN3O5S/c1-24-11-10-14-26(19-24)22-36(30(33(39)35-2)20-25-12-6-4-7-13-25)32(38)23-37(27-17-18-31(42-3)29(34)21-27)43(40,41)28-15-8-5-9-16-28/h4-19,21,30H,20,22-23H2,1-3H3,(H,35,39)/t30-/m0/s1. The van der Waals surface area contributed by atoms with E-state index in [-0.39, 0.29) is 34.5 Å². The van der Waals surface area contributed by atoms with Gasteiger partial charge in [-0.3, -0.25) is 13.9 Å². The third-order valence-corrected chi connectivity index (χ3v) is 9.07. The van der Waals surface area contributed by atoms with Gasteiger partial charge in [0.05, 0.1) is 22.7 Å². The number of halogens is 1. The molecule has 4 aromatic carbocycles. The van der Waals surface area contributed by atoms with Gasteiger partial charge in [-0.15, -0.1) is 0 Å². The molecule has 1 N–H and O–H groups in total. The van der Waals surface area contributed by atoms with Crippen molar-refractivity contribution in [3.63, 3.8) is 0 Å². The summed E-state index contributed by atoms with van der Waals surface area (Å²) in [4.78, 5) is 29.1. The van der Waals surface area contributed by atoms with E-state index in [4.69, 9.17) is 16.3 Å². The molecule has 224 valence electrons. The molecule has 0 aliphatic rings. The Morgan fingerprint density at radius 3 is 2.14 bits per heavy atom. The summed E-state index contributed by atoms with van der Waals surface area (Å²) in [6, 6.07) is 28.5. The van der Waals surface area contributed by atoms with Gasteiger partial charge in [-0.1, -0.05) is 90.0 Å². The zero-order chi connectivity index (χ0) is 31.0. The van der Waals surface area contributed by atoms with Gasteiger partial charge in [0.1, 0.15) is 18.3 Å². The fourth-order valence-corrected chi connectivity index (χ4v) is 6.47. The van der Waals surface area contributed by atoms with Gasteiger partial charge in [0.2, 0.25) is 11.8 Å². The lowest BCUT2D eigenvalue weighted by molar-refractivity contribution is -0.139. The highest BCUT2D eigenvalue weighted by atomic mass is 35.5. The minimum atomic E-state index is -4.22. The molecule has 0 fully saturated rings. The maximum atomic E-state index is 14.3. The van der Waals surface area contributed by atoms with Gasteiger partial charge in [-0.25, -0.2) is 8.42 Å². The van der Waals surface area contributed by atoms with Crippen LogP contribution in [0.4, 0.5) is 5.69 Å². The zero-order valence-electron chi connectivity index (χ0n) is 24.2. The minimum absolute atomic E-state index is 0.00658. The number of rotatable bonds is 12. The third-order valence-electron chi connectivity index (χ3n) is 6.99. The molecule has 0 bridgehead atoms. The van der Waals surface area contributed by atoms with Crippen LogP contribution in [0.15, 0.2) is 108 Å². The Hall–Kier alpha value is -4.34. The van der Waals surface area contributed by atoms with Crippen molar-refractivity contribution < 1.29 is 22.7 Å². The van der Waals surface area contributed by atoms with E-state index >= 15 is 0 Å². The van der Waals surface area contributed by atoms with Crippen LogP contribution in [-0.2, 0) is 32.6 Å². The number of nitrogens with one attached hydrogen (secondary N) is 1. The first-order chi connectivity index (χ1) is 20.6. The summed E-state index contributed by atoms with van der Waals surface area (Å²) in [5.74, 6) is -0.565. The lowest BCUT2D eigenvalue weighted by Crippen LogP contribution is -2.53. The number of methoxy groups -OCH3 is 1. The molecule has 8 nitrogen and oxygen atoms in total. The molecule has 4 rings (SSSR count). The average Bonchev–Trinajstić information content (AvgIpc) is 3.02. The molecule has 2 amide bonds. The minimum Gasteiger partial charge on any atom is -0.495 e. The van der Waals surface area contributed by atoms with Crippen molar-refractivity contribution in [2.75, 3.05) is 25.0 Å².